The molecule has 1 unspecified atom stereocenters. The van der Waals surface area contributed by atoms with Gasteiger partial charge in [-0.1, -0.05) is 49.1 Å². The number of carbonyl (C=O) groups excluding carboxylic acids is 3. The van der Waals surface area contributed by atoms with Crippen molar-refractivity contribution in [1.29, 1.82) is 0 Å². The molecule has 8 heteroatoms. The quantitative estimate of drug-likeness (QED) is 0.626. The van der Waals surface area contributed by atoms with Crippen molar-refractivity contribution in [3.05, 3.63) is 53.7 Å². The first-order valence-corrected chi connectivity index (χ1v) is 11.5. The van der Waals surface area contributed by atoms with Crippen LogP contribution in [0, 0.1) is 12.8 Å². The third-order valence-corrected chi connectivity index (χ3v) is 6.43. The fourth-order valence-corrected chi connectivity index (χ4v) is 4.40. The van der Waals surface area contributed by atoms with E-state index < -0.39 is 29.9 Å². The van der Waals surface area contributed by atoms with E-state index in [1.165, 1.54) is 19.3 Å². The van der Waals surface area contributed by atoms with Crippen LogP contribution in [0.3, 0.4) is 0 Å². The van der Waals surface area contributed by atoms with E-state index in [9.17, 15) is 14.4 Å². The van der Waals surface area contributed by atoms with Gasteiger partial charge in [0.05, 0.1) is 6.61 Å². The summed E-state index contributed by atoms with van der Waals surface area (Å²) in [5, 5.41) is 5.41. The van der Waals surface area contributed by atoms with Gasteiger partial charge in [-0.3, -0.25) is 14.5 Å². The standard InChI is InChI=1S/C25H30N4O4/c1-17-10-12-19(13-11-17)25(2)23(31)29(24(32)28-25)15-21(30)27-22-20(9-6-14-26-22)33-16-18-7-4-3-5-8-18/h6,9-14,18H,3-5,7-8,15-16H2,1-2H3,(H,28,32)(H,26,27,30). The van der Waals surface area contributed by atoms with Gasteiger partial charge in [-0.05, 0) is 50.3 Å². The number of anilines is 1. The highest BCUT2D eigenvalue weighted by molar-refractivity contribution is 6.10. The maximum atomic E-state index is 13.1. The van der Waals surface area contributed by atoms with E-state index in [0.717, 1.165) is 23.3 Å². The highest BCUT2D eigenvalue weighted by Crippen LogP contribution is 2.30. The summed E-state index contributed by atoms with van der Waals surface area (Å²) in [5.74, 6) is 0.284. The van der Waals surface area contributed by atoms with Crippen molar-refractivity contribution >= 4 is 23.7 Å². The fraction of sp³-hybridized carbons (Fsp3) is 0.440. The molecular formula is C25H30N4O4. The molecule has 2 fully saturated rings. The summed E-state index contributed by atoms with van der Waals surface area (Å²) < 4.78 is 5.95. The summed E-state index contributed by atoms with van der Waals surface area (Å²) in [5.41, 5.74) is 0.495. The number of nitrogens with one attached hydrogen (secondary N) is 2. The van der Waals surface area contributed by atoms with Crippen molar-refractivity contribution < 1.29 is 19.1 Å². The molecule has 8 nitrogen and oxygen atoms in total. The largest absolute Gasteiger partial charge is 0.489 e. The molecule has 1 aliphatic carbocycles. The summed E-state index contributed by atoms with van der Waals surface area (Å²) in [7, 11) is 0. The molecule has 1 aromatic heterocycles. The van der Waals surface area contributed by atoms with Crippen LogP contribution in [0.5, 0.6) is 5.75 Å². The second kappa shape index (κ2) is 9.60. The predicted octanol–water partition coefficient (Wildman–Crippen LogP) is 3.75. The second-order valence-electron chi connectivity index (χ2n) is 9.03. The number of nitrogens with zero attached hydrogens (tertiary/aromatic N) is 2. The van der Waals surface area contributed by atoms with E-state index in [0.29, 0.717) is 23.8 Å². The molecule has 1 aliphatic heterocycles. The molecule has 2 N–H and O–H groups in total. The van der Waals surface area contributed by atoms with Crippen LogP contribution >= 0.6 is 0 Å². The molecule has 174 valence electrons. The number of amides is 4. The lowest BCUT2D eigenvalue weighted by Gasteiger charge is -2.23. The number of hydrogen-bond acceptors (Lipinski definition) is 5. The first-order valence-electron chi connectivity index (χ1n) is 11.5. The summed E-state index contributed by atoms with van der Waals surface area (Å²) in [6, 6.07) is 10.3. The lowest BCUT2D eigenvalue weighted by Crippen LogP contribution is -2.42. The van der Waals surface area contributed by atoms with Crippen LogP contribution in [0.25, 0.3) is 0 Å². The Morgan fingerprint density at radius 3 is 2.64 bits per heavy atom. The van der Waals surface area contributed by atoms with Crippen LogP contribution in [0.1, 0.15) is 50.2 Å². The summed E-state index contributed by atoms with van der Waals surface area (Å²) >= 11 is 0. The number of aryl methyl sites for hydroxylation is 1. The highest BCUT2D eigenvalue weighted by atomic mass is 16.5. The van der Waals surface area contributed by atoms with Crippen molar-refractivity contribution in [2.45, 2.75) is 51.5 Å². The SMILES string of the molecule is Cc1ccc(C2(C)NC(=O)N(CC(=O)Nc3ncccc3OCC3CCCCC3)C2=O)cc1. The Balaban J connectivity index is 1.40. The maximum absolute atomic E-state index is 13.1. The van der Waals surface area contributed by atoms with Crippen molar-refractivity contribution in [3.63, 3.8) is 0 Å². The average Bonchev–Trinajstić information content (AvgIpc) is 3.03. The number of imide groups is 1. The van der Waals surface area contributed by atoms with E-state index in [1.807, 2.05) is 19.1 Å². The Morgan fingerprint density at radius 1 is 1.18 bits per heavy atom. The minimum absolute atomic E-state index is 0.284. The van der Waals surface area contributed by atoms with Crippen LogP contribution in [0.15, 0.2) is 42.6 Å². The minimum Gasteiger partial charge on any atom is -0.489 e. The molecule has 2 aromatic rings. The number of urea groups is 1. The van der Waals surface area contributed by atoms with Crippen molar-refractivity contribution in [2.24, 2.45) is 5.92 Å². The van der Waals surface area contributed by atoms with Gasteiger partial charge in [0.1, 0.15) is 12.1 Å². The molecule has 1 atom stereocenters. The Kier molecular flexibility index (Phi) is 6.62. The van der Waals surface area contributed by atoms with Gasteiger partial charge >= 0.3 is 6.03 Å². The van der Waals surface area contributed by atoms with Gasteiger partial charge in [-0.25, -0.2) is 9.78 Å². The van der Waals surface area contributed by atoms with E-state index in [-0.39, 0.29) is 5.82 Å². The molecule has 1 saturated carbocycles. The van der Waals surface area contributed by atoms with Crippen molar-refractivity contribution in [3.8, 4) is 5.75 Å². The molecular weight excluding hydrogens is 420 g/mol. The summed E-state index contributed by atoms with van der Waals surface area (Å²) in [6.45, 7) is 3.76. The Bertz CT molecular complexity index is 1030. The average molecular weight is 451 g/mol. The highest BCUT2D eigenvalue weighted by Gasteiger charge is 2.49. The molecule has 0 spiro atoms. The maximum Gasteiger partial charge on any atom is 0.325 e. The smallest absolute Gasteiger partial charge is 0.325 e. The van der Waals surface area contributed by atoms with Crippen LogP contribution in [0.2, 0.25) is 0 Å². The number of ether oxygens (including phenoxy) is 1. The lowest BCUT2D eigenvalue weighted by molar-refractivity contribution is -0.133. The number of pyridine rings is 1. The van der Waals surface area contributed by atoms with E-state index >= 15 is 0 Å². The number of carbonyl (C=O) groups is 3. The molecule has 4 amide bonds. The first kappa shape index (κ1) is 22.8. The normalized spacial score (nSPS) is 21.1. The van der Waals surface area contributed by atoms with Gasteiger partial charge < -0.3 is 15.4 Å². The van der Waals surface area contributed by atoms with E-state index in [2.05, 4.69) is 15.6 Å². The van der Waals surface area contributed by atoms with Crippen molar-refractivity contribution in [2.75, 3.05) is 18.5 Å². The summed E-state index contributed by atoms with van der Waals surface area (Å²) in [4.78, 5) is 43.5. The van der Waals surface area contributed by atoms with Crippen LogP contribution in [0.4, 0.5) is 10.6 Å². The van der Waals surface area contributed by atoms with Crippen molar-refractivity contribution in [1.82, 2.24) is 15.2 Å². The Labute approximate surface area is 193 Å². The molecule has 33 heavy (non-hydrogen) atoms. The molecule has 0 bridgehead atoms. The van der Waals surface area contributed by atoms with E-state index in [4.69, 9.17) is 4.74 Å². The van der Waals surface area contributed by atoms with Gasteiger partial charge in [-0.15, -0.1) is 0 Å². The van der Waals surface area contributed by atoms with Gasteiger partial charge in [0.25, 0.3) is 5.91 Å². The van der Waals surface area contributed by atoms with Gasteiger partial charge in [0.2, 0.25) is 5.91 Å². The number of hydrogen-bond donors (Lipinski definition) is 2. The van der Waals surface area contributed by atoms with Crippen LogP contribution in [-0.2, 0) is 15.1 Å². The summed E-state index contributed by atoms with van der Waals surface area (Å²) in [6.07, 6.45) is 7.57. The molecule has 2 heterocycles. The first-order chi connectivity index (χ1) is 15.9. The zero-order valence-corrected chi connectivity index (χ0v) is 19.1. The molecule has 2 aliphatic rings. The van der Waals surface area contributed by atoms with Gasteiger partial charge in [-0.2, -0.15) is 0 Å². The molecule has 1 aromatic carbocycles. The third kappa shape index (κ3) is 4.99. The molecule has 4 rings (SSSR count). The topological polar surface area (TPSA) is 101 Å². The molecule has 1 saturated heterocycles. The predicted molar refractivity (Wildman–Crippen MR) is 124 cm³/mol. The number of benzene rings is 1. The monoisotopic (exact) mass is 450 g/mol. The number of rotatable bonds is 7. The Morgan fingerprint density at radius 2 is 1.91 bits per heavy atom. The second-order valence-corrected chi connectivity index (χ2v) is 9.03. The van der Waals surface area contributed by atoms with E-state index in [1.54, 1.807) is 37.4 Å². The van der Waals surface area contributed by atoms with Gasteiger partial charge in [0, 0.05) is 6.20 Å². The zero-order chi connectivity index (χ0) is 23.4. The number of aromatic nitrogens is 1. The third-order valence-electron chi connectivity index (χ3n) is 6.43. The molecule has 0 radical (unpaired) electrons. The fourth-order valence-electron chi connectivity index (χ4n) is 4.40. The van der Waals surface area contributed by atoms with Gasteiger partial charge in [0.15, 0.2) is 11.6 Å². The van der Waals surface area contributed by atoms with Crippen LogP contribution in [-0.4, -0.2) is 40.9 Å². The van der Waals surface area contributed by atoms with Crippen LogP contribution < -0.4 is 15.4 Å². The Hall–Kier alpha value is -3.42. The zero-order valence-electron chi connectivity index (χ0n) is 19.1. The minimum atomic E-state index is -1.22. The lowest BCUT2D eigenvalue weighted by atomic mass is 9.90.